The van der Waals surface area contributed by atoms with Crippen LogP contribution in [0.3, 0.4) is 0 Å². The van der Waals surface area contributed by atoms with E-state index in [0.717, 1.165) is 11.0 Å². The Morgan fingerprint density at radius 2 is 1.68 bits per heavy atom. The third kappa shape index (κ3) is 11.0. The van der Waals surface area contributed by atoms with Crippen molar-refractivity contribution in [3.05, 3.63) is 0 Å². The van der Waals surface area contributed by atoms with Crippen molar-refractivity contribution in [3.63, 3.8) is 0 Å². The minimum absolute atomic E-state index is 0.228. The van der Waals surface area contributed by atoms with Crippen LogP contribution in [0.15, 0.2) is 0 Å². The largest absolute Gasteiger partial charge is 0.481 e. The molecule has 114 valence electrons. The van der Waals surface area contributed by atoms with E-state index >= 15 is 0 Å². The predicted molar refractivity (Wildman–Crippen MR) is 80.1 cm³/mol. The zero-order valence-corrected chi connectivity index (χ0v) is 13.2. The van der Waals surface area contributed by atoms with Crippen molar-refractivity contribution in [1.29, 1.82) is 0 Å². The van der Waals surface area contributed by atoms with Gasteiger partial charge in [-0.1, -0.05) is 39.0 Å². The van der Waals surface area contributed by atoms with Crippen LogP contribution in [-0.2, 0) is 4.79 Å². The smallest absolute Gasteiger partial charge is 0.303 e. The van der Waals surface area contributed by atoms with Gasteiger partial charge in [0.05, 0.1) is 27.6 Å². The Kier molecular flexibility index (Phi) is 9.88. The molecule has 0 aromatic carbocycles. The van der Waals surface area contributed by atoms with Gasteiger partial charge in [-0.3, -0.25) is 10.1 Å². The van der Waals surface area contributed by atoms with Crippen LogP contribution in [0.5, 0.6) is 0 Å². The maximum Gasteiger partial charge on any atom is 0.303 e. The number of aliphatic carboxylic acids is 1. The summed E-state index contributed by atoms with van der Waals surface area (Å²) < 4.78 is 0.767. The van der Waals surface area contributed by atoms with Crippen LogP contribution in [0.1, 0.15) is 58.3 Å². The Morgan fingerprint density at radius 3 is 2.21 bits per heavy atom. The number of carboxylic acid groups (broad SMARTS) is 1. The first kappa shape index (κ1) is 18.4. The summed E-state index contributed by atoms with van der Waals surface area (Å²) in [7, 11) is 6.34. The molecule has 0 fully saturated rings. The van der Waals surface area contributed by atoms with Crippen molar-refractivity contribution in [2.75, 3.05) is 27.7 Å². The minimum atomic E-state index is -0.709. The van der Waals surface area contributed by atoms with Crippen molar-refractivity contribution >= 4 is 5.97 Å². The zero-order valence-electron chi connectivity index (χ0n) is 13.2. The SMILES string of the molecule is CCCCCCCCNC(CCC(=O)O)[N+](C)(C)C. The fourth-order valence-corrected chi connectivity index (χ4v) is 2.20. The Labute approximate surface area is 118 Å². The summed E-state index contributed by atoms with van der Waals surface area (Å²) in [6, 6.07) is 0. The van der Waals surface area contributed by atoms with Crippen molar-refractivity contribution < 1.29 is 14.4 Å². The number of hydrogen-bond donors (Lipinski definition) is 2. The van der Waals surface area contributed by atoms with E-state index in [1.54, 1.807) is 0 Å². The Hall–Kier alpha value is -0.610. The molecule has 0 bridgehead atoms. The molecule has 19 heavy (non-hydrogen) atoms. The molecular weight excluding hydrogens is 240 g/mol. The molecule has 0 aromatic heterocycles. The molecule has 0 rings (SSSR count). The van der Waals surface area contributed by atoms with Gasteiger partial charge in [-0.05, 0) is 6.42 Å². The molecule has 4 heteroatoms. The number of nitrogens with zero attached hydrogens (tertiary/aromatic N) is 1. The fourth-order valence-electron chi connectivity index (χ4n) is 2.20. The molecular formula is C15H33N2O2+. The van der Waals surface area contributed by atoms with Gasteiger partial charge in [0.1, 0.15) is 6.17 Å². The molecule has 4 nitrogen and oxygen atoms in total. The lowest BCUT2D eigenvalue weighted by atomic mass is 10.1. The lowest BCUT2D eigenvalue weighted by Crippen LogP contribution is -2.53. The zero-order chi connectivity index (χ0) is 14.7. The van der Waals surface area contributed by atoms with Gasteiger partial charge in [0.2, 0.25) is 0 Å². The summed E-state index contributed by atoms with van der Waals surface area (Å²) in [6.07, 6.45) is 8.91. The van der Waals surface area contributed by atoms with Gasteiger partial charge >= 0.3 is 5.97 Å². The standard InChI is InChI=1S/C15H32N2O2/c1-5-6-7-8-9-10-13-16-14(17(2,3)4)11-12-15(18)19/h14,16H,5-13H2,1-4H3/p+1. The summed E-state index contributed by atoms with van der Waals surface area (Å²) in [5.74, 6) is -0.709. The predicted octanol–water partition coefficient (Wildman–Crippen LogP) is 2.83. The highest BCUT2D eigenvalue weighted by Crippen LogP contribution is 2.09. The summed E-state index contributed by atoms with van der Waals surface area (Å²) in [6.45, 7) is 3.22. The minimum Gasteiger partial charge on any atom is -0.481 e. The van der Waals surface area contributed by atoms with E-state index in [4.69, 9.17) is 5.11 Å². The van der Waals surface area contributed by atoms with E-state index < -0.39 is 5.97 Å². The lowest BCUT2D eigenvalue weighted by Gasteiger charge is -2.34. The van der Waals surface area contributed by atoms with Crippen molar-refractivity contribution in [2.24, 2.45) is 0 Å². The van der Waals surface area contributed by atoms with Crippen LogP contribution in [0.25, 0.3) is 0 Å². The van der Waals surface area contributed by atoms with E-state index in [1.165, 1.54) is 38.5 Å². The molecule has 0 radical (unpaired) electrons. The molecule has 0 heterocycles. The second kappa shape index (κ2) is 10.2. The third-order valence-corrected chi connectivity index (χ3v) is 3.48. The summed E-state index contributed by atoms with van der Waals surface area (Å²) >= 11 is 0. The topological polar surface area (TPSA) is 49.3 Å². The summed E-state index contributed by atoms with van der Waals surface area (Å²) in [4.78, 5) is 10.7. The van der Waals surface area contributed by atoms with Crippen molar-refractivity contribution in [3.8, 4) is 0 Å². The second-order valence-corrected chi connectivity index (χ2v) is 6.29. The highest BCUT2D eigenvalue weighted by molar-refractivity contribution is 5.66. The highest BCUT2D eigenvalue weighted by atomic mass is 16.4. The van der Waals surface area contributed by atoms with E-state index in [1.807, 2.05) is 0 Å². The first-order valence-corrected chi connectivity index (χ1v) is 7.64. The van der Waals surface area contributed by atoms with Gasteiger partial charge in [0.25, 0.3) is 0 Å². The quantitative estimate of drug-likeness (QED) is 0.326. The molecule has 1 unspecified atom stereocenters. The number of unbranched alkanes of at least 4 members (excludes halogenated alkanes) is 5. The molecule has 1 atom stereocenters. The van der Waals surface area contributed by atoms with E-state index in [0.29, 0.717) is 6.42 Å². The molecule has 0 aliphatic rings. The number of nitrogens with one attached hydrogen (secondary N) is 1. The van der Waals surface area contributed by atoms with Gasteiger partial charge in [-0.2, -0.15) is 0 Å². The van der Waals surface area contributed by atoms with Gasteiger partial charge < -0.3 is 9.59 Å². The second-order valence-electron chi connectivity index (χ2n) is 6.29. The van der Waals surface area contributed by atoms with Gasteiger partial charge in [-0.25, -0.2) is 0 Å². The lowest BCUT2D eigenvalue weighted by molar-refractivity contribution is -0.899. The first-order valence-electron chi connectivity index (χ1n) is 7.64. The van der Waals surface area contributed by atoms with Crippen molar-refractivity contribution in [2.45, 2.75) is 64.5 Å². The molecule has 2 N–H and O–H groups in total. The number of carboxylic acids is 1. The first-order chi connectivity index (χ1) is 8.88. The number of quaternary nitrogens is 1. The van der Waals surface area contributed by atoms with Crippen molar-refractivity contribution in [1.82, 2.24) is 5.32 Å². The van der Waals surface area contributed by atoms with Crippen LogP contribution in [0.2, 0.25) is 0 Å². The Balaban J connectivity index is 3.78. The molecule has 0 aliphatic carbocycles. The van der Waals surface area contributed by atoms with E-state index in [9.17, 15) is 4.79 Å². The van der Waals surface area contributed by atoms with E-state index in [2.05, 4.69) is 33.4 Å². The molecule has 0 saturated carbocycles. The molecule has 0 aromatic rings. The maximum atomic E-state index is 10.7. The highest BCUT2D eigenvalue weighted by Gasteiger charge is 2.23. The van der Waals surface area contributed by atoms with Crippen LogP contribution >= 0.6 is 0 Å². The van der Waals surface area contributed by atoms with Gasteiger partial charge in [-0.15, -0.1) is 0 Å². The Bertz CT molecular complexity index is 237. The summed E-state index contributed by atoms with van der Waals surface area (Å²) in [5.41, 5.74) is 0. The molecule has 0 spiro atoms. The van der Waals surface area contributed by atoms with Crippen LogP contribution in [0, 0.1) is 0 Å². The van der Waals surface area contributed by atoms with Crippen LogP contribution in [0.4, 0.5) is 0 Å². The molecule has 0 aliphatic heterocycles. The number of rotatable bonds is 12. The summed E-state index contributed by atoms with van der Waals surface area (Å²) in [5, 5.41) is 12.3. The van der Waals surface area contributed by atoms with E-state index in [-0.39, 0.29) is 12.6 Å². The maximum absolute atomic E-state index is 10.7. The normalized spacial score (nSPS) is 13.5. The van der Waals surface area contributed by atoms with Crippen LogP contribution in [-0.4, -0.2) is 49.4 Å². The van der Waals surface area contributed by atoms with Crippen LogP contribution < -0.4 is 5.32 Å². The average Bonchev–Trinajstić information content (AvgIpc) is 2.29. The molecule has 0 saturated heterocycles. The van der Waals surface area contributed by atoms with Gasteiger partial charge in [0.15, 0.2) is 0 Å². The number of carbonyl (C=O) groups is 1. The molecule has 0 amide bonds. The Morgan fingerprint density at radius 1 is 1.11 bits per heavy atom. The average molecular weight is 273 g/mol. The third-order valence-electron chi connectivity index (χ3n) is 3.48. The fraction of sp³-hybridized carbons (Fsp3) is 0.933. The monoisotopic (exact) mass is 273 g/mol. The van der Waals surface area contributed by atoms with Gasteiger partial charge in [0, 0.05) is 13.0 Å². The number of hydrogen-bond acceptors (Lipinski definition) is 2.